The Kier molecular flexibility index (Phi) is 5.87. The Bertz CT molecular complexity index is 619. The highest BCUT2D eigenvalue weighted by Crippen LogP contribution is 2.50. The molecule has 1 aromatic rings. The Morgan fingerprint density at radius 2 is 1.68 bits per heavy atom. The molecule has 7 nitrogen and oxygen atoms in total. The average molecular weight is 378 g/mol. The van der Waals surface area contributed by atoms with Crippen LogP contribution in [-0.4, -0.2) is 51.9 Å². The maximum Gasteiger partial charge on any atom is 0.430 e. The van der Waals surface area contributed by atoms with E-state index in [2.05, 4.69) is 5.32 Å². The molecule has 0 aliphatic carbocycles. The van der Waals surface area contributed by atoms with E-state index < -0.39 is 59.1 Å². The van der Waals surface area contributed by atoms with Crippen LogP contribution in [0.1, 0.15) is 5.56 Å². The number of halogens is 6. The highest BCUT2D eigenvalue weighted by molar-refractivity contribution is 5.63. The first kappa shape index (κ1) is 20.9. The van der Waals surface area contributed by atoms with Gasteiger partial charge in [-0.2, -0.15) is 26.3 Å². The van der Waals surface area contributed by atoms with E-state index in [4.69, 9.17) is 10.2 Å². The lowest BCUT2D eigenvalue weighted by molar-refractivity contribution is -0.386. The summed E-state index contributed by atoms with van der Waals surface area (Å²) in [6.07, 6.45) is -13.7. The standard InChI is InChI=1S/C12H12F6N2O5/c13-11(14,15)10(23,12(16,17)18)6-1-2-8(9(3-6)20(24)25)19-4-7(22)5-21/h1-3,7,19,21-23H,4-5H2. The van der Waals surface area contributed by atoms with Crippen LogP contribution in [0.15, 0.2) is 18.2 Å². The Morgan fingerprint density at radius 1 is 1.16 bits per heavy atom. The SMILES string of the molecule is O=[N+]([O-])c1cc(C(O)(C(F)(F)F)C(F)(F)F)ccc1NCC(O)CO. The van der Waals surface area contributed by atoms with Crippen molar-refractivity contribution in [2.45, 2.75) is 24.1 Å². The summed E-state index contributed by atoms with van der Waals surface area (Å²) >= 11 is 0. The minimum atomic E-state index is -6.18. The number of nitrogens with zero attached hydrogens (tertiary/aromatic N) is 1. The third kappa shape index (κ3) is 4.11. The molecule has 0 amide bonds. The lowest BCUT2D eigenvalue weighted by Crippen LogP contribution is -2.53. The summed E-state index contributed by atoms with van der Waals surface area (Å²) < 4.78 is 76.8. The second-order valence-corrected chi connectivity index (χ2v) is 4.91. The van der Waals surface area contributed by atoms with Crippen molar-refractivity contribution in [3.63, 3.8) is 0 Å². The Morgan fingerprint density at radius 3 is 2.08 bits per heavy atom. The van der Waals surface area contributed by atoms with Crippen molar-refractivity contribution in [2.24, 2.45) is 0 Å². The van der Waals surface area contributed by atoms with Crippen LogP contribution in [0.2, 0.25) is 0 Å². The number of alkyl halides is 6. The van der Waals surface area contributed by atoms with Gasteiger partial charge in [0, 0.05) is 18.2 Å². The fraction of sp³-hybridized carbons (Fsp3) is 0.500. The predicted molar refractivity (Wildman–Crippen MR) is 70.7 cm³/mol. The molecule has 25 heavy (non-hydrogen) atoms. The van der Waals surface area contributed by atoms with E-state index in [0.29, 0.717) is 6.07 Å². The van der Waals surface area contributed by atoms with Crippen molar-refractivity contribution in [2.75, 3.05) is 18.5 Å². The lowest BCUT2D eigenvalue weighted by atomic mass is 9.91. The van der Waals surface area contributed by atoms with Gasteiger partial charge in [-0.15, -0.1) is 0 Å². The number of nitro benzene ring substituents is 1. The monoisotopic (exact) mass is 378 g/mol. The van der Waals surface area contributed by atoms with Gasteiger partial charge in [-0.25, -0.2) is 0 Å². The molecule has 0 saturated heterocycles. The van der Waals surface area contributed by atoms with Crippen molar-refractivity contribution >= 4 is 11.4 Å². The first-order valence-corrected chi connectivity index (χ1v) is 6.43. The Balaban J connectivity index is 3.43. The highest BCUT2D eigenvalue weighted by Gasteiger charge is 2.71. The van der Waals surface area contributed by atoms with E-state index in [0.717, 1.165) is 0 Å². The lowest BCUT2D eigenvalue weighted by Gasteiger charge is -2.32. The number of nitrogens with one attached hydrogen (secondary N) is 1. The molecule has 1 rings (SSSR count). The third-order valence-corrected chi connectivity index (χ3v) is 3.17. The minimum Gasteiger partial charge on any atom is -0.394 e. The maximum atomic E-state index is 12.8. The third-order valence-electron chi connectivity index (χ3n) is 3.17. The van der Waals surface area contributed by atoms with Gasteiger partial charge >= 0.3 is 12.4 Å². The quantitative estimate of drug-likeness (QED) is 0.340. The number of benzene rings is 1. The number of rotatable bonds is 6. The van der Waals surface area contributed by atoms with Gasteiger partial charge in [-0.05, 0) is 6.07 Å². The van der Waals surface area contributed by atoms with Crippen LogP contribution in [0.5, 0.6) is 0 Å². The smallest absolute Gasteiger partial charge is 0.394 e. The van der Waals surface area contributed by atoms with E-state index in [1.165, 1.54) is 0 Å². The summed E-state index contributed by atoms with van der Waals surface area (Å²) in [5.74, 6) is 0. The molecule has 0 bridgehead atoms. The molecule has 4 N–H and O–H groups in total. The van der Waals surface area contributed by atoms with Crippen LogP contribution in [0.3, 0.4) is 0 Å². The molecule has 0 aliphatic heterocycles. The second-order valence-electron chi connectivity index (χ2n) is 4.91. The van der Waals surface area contributed by atoms with E-state index in [-0.39, 0.29) is 12.1 Å². The van der Waals surface area contributed by atoms with Gasteiger partial charge in [0.15, 0.2) is 0 Å². The summed E-state index contributed by atoms with van der Waals surface area (Å²) in [5.41, 5.74) is -8.77. The fourth-order valence-electron chi connectivity index (χ4n) is 1.84. The van der Waals surface area contributed by atoms with Gasteiger partial charge in [0.05, 0.1) is 17.6 Å². The van der Waals surface area contributed by atoms with Crippen molar-refractivity contribution in [3.8, 4) is 0 Å². The van der Waals surface area contributed by atoms with E-state index in [9.17, 15) is 41.6 Å². The molecular formula is C12H12F6N2O5. The molecule has 0 spiro atoms. The van der Waals surface area contributed by atoms with Crippen molar-refractivity contribution in [1.82, 2.24) is 0 Å². The van der Waals surface area contributed by atoms with Gasteiger partial charge in [-0.1, -0.05) is 6.07 Å². The molecule has 0 heterocycles. The predicted octanol–water partition coefficient (Wildman–Crippen LogP) is 1.67. The topological polar surface area (TPSA) is 116 Å². The van der Waals surface area contributed by atoms with Gasteiger partial charge in [-0.3, -0.25) is 10.1 Å². The normalized spacial score (nSPS) is 14.3. The molecule has 142 valence electrons. The molecule has 0 aromatic heterocycles. The summed E-state index contributed by atoms with van der Waals surface area (Å²) in [4.78, 5) is 9.66. The number of hydrogen-bond donors (Lipinski definition) is 4. The zero-order valence-electron chi connectivity index (χ0n) is 12.1. The molecule has 0 saturated carbocycles. The van der Waals surface area contributed by atoms with Crippen LogP contribution >= 0.6 is 0 Å². The molecule has 1 aromatic carbocycles. The molecule has 0 aliphatic rings. The number of anilines is 1. The summed E-state index contributed by atoms with van der Waals surface area (Å²) in [5, 5.41) is 40.1. The molecule has 0 fully saturated rings. The van der Waals surface area contributed by atoms with Gasteiger partial charge in [0.1, 0.15) is 5.69 Å². The first-order valence-electron chi connectivity index (χ1n) is 6.43. The van der Waals surface area contributed by atoms with Crippen LogP contribution < -0.4 is 5.32 Å². The van der Waals surface area contributed by atoms with E-state index in [1.54, 1.807) is 0 Å². The Hall–Kier alpha value is -2.12. The second kappa shape index (κ2) is 7.01. The van der Waals surface area contributed by atoms with Crippen molar-refractivity contribution in [3.05, 3.63) is 33.9 Å². The fourth-order valence-corrected chi connectivity index (χ4v) is 1.84. The molecular weight excluding hydrogens is 366 g/mol. The summed E-state index contributed by atoms with van der Waals surface area (Å²) in [6.45, 7) is -1.19. The highest BCUT2D eigenvalue weighted by atomic mass is 19.4. The zero-order valence-corrected chi connectivity index (χ0v) is 12.1. The Labute approximate surface area is 135 Å². The summed E-state index contributed by atoms with van der Waals surface area (Å²) in [6, 6.07) is 0.691. The van der Waals surface area contributed by atoms with Crippen LogP contribution in [0, 0.1) is 10.1 Å². The summed E-state index contributed by atoms with van der Waals surface area (Å²) in [7, 11) is 0. The minimum absolute atomic E-state index is 0.0609. The molecule has 0 radical (unpaired) electrons. The van der Waals surface area contributed by atoms with Gasteiger partial charge < -0.3 is 20.6 Å². The van der Waals surface area contributed by atoms with E-state index in [1.807, 2.05) is 0 Å². The largest absolute Gasteiger partial charge is 0.430 e. The number of nitro groups is 1. The molecule has 13 heteroatoms. The maximum absolute atomic E-state index is 12.8. The number of aliphatic hydroxyl groups excluding tert-OH is 2. The molecule has 1 atom stereocenters. The van der Waals surface area contributed by atoms with Gasteiger partial charge in [0.25, 0.3) is 11.3 Å². The van der Waals surface area contributed by atoms with Crippen LogP contribution in [0.4, 0.5) is 37.7 Å². The van der Waals surface area contributed by atoms with Gasteiger partial charge in [0.2, 0.25) is 0 Å². The van der Waals surface area contributed by atoms with Crippen LogP contribution in [0.25, 0.3) is 0 Å². The number of aliphatic hydroxyl groups is 3. The first-order chi connectivity index (χ1) is 11.3. The van der Waals surface area contributed by atoms with Crippen LogP contribution in [-0.2, 0) is 5.60 Å². The average Bonchev–Trinajstić information content (AvgIpc) is 2.49. The van der Waals surface area contributed by atoms with Crippen molar-refractivity contribution in [1.29, 1.82) is 0 Å². The number of hydrogen-bond acceptors (Lipinski definition) is 6. The molecule has 1 unspecified atom stereocenters. The van der Waals surface area contributed by atoms with Crippen molar-refractivity contribution < 1.29 is 46.6 Å². The van der Waals surface area contributed by atoms with E-state index >= 15 is 0 Å². The zero-order chi connectivity index (χ0) is 19.6.